The molecule has 4 aromatic carbocycles. The zero-order valence-corrected chi connectivity index (χ0v) is 21.8. The second-order valence-electron chi connectivity index (χ2n) is 9.66. The fraction of sp³-hybridized carbons (Fsp3) is 0.156. The molecule has 1 unspecified atom stereocenters. The highest BCUT2D eigenvalue weighted by Gasteiger charge is 2.35. The van der Waals surface area contributed by atoms with Gasteiger partial charge in [0, 0.05) is 18.4 Å². The van der Waals surface area contributed by atoms with Crippen LogP contribution in [-0.2, 0) is 9.59 Å². The van der Waals surface area contributed by atoms with Crippen molar-refractivity contribution in [1.82, 2.24) is 4.90 Å². The smallest absolute Gasteiger partial charge is 0.240 e. The van der Waals surface area contributed by atoms with E-state index in [1.54, 1.807) is 11.9 Å². The molecule has 1 N–H and O–H groups in total. The summed E-state index contributed by atoms with van der Waals surface area (Å²) in [5.41, 5.74) is 6.92. The molecule has 0 spiro atoms. The van der Waals surface area contributed by atoms with Gasteiger partial charge in [-0.3, -0.25) is 14.6 Å². The molecule has 0 saturated carbocycles. The number of anilines is 2. The first-order valence-corrected chi connectivity index (χ1v) is 12.6. The van der Waals surface area contributed by atoms with Crippen molar-refractivity contribution in [1.29, 1.82) is 0 Å². The number of aliphatic imine (C=N–C) groups is 1. The molecule has 5 rings (SSSR count). The maximum Gasteiger partial charge on any atom is 0.240 e. The van der Waals surface area contributed by atoms with Gasteiger partial charge in [-0.2, -0.15) is 0 Å². The third-order valence-corrected chi connectivity index (χ3v) is 6.65. The molecular formula is C32H30N4O2. The van der Waals surface area contributed by atoms with Gasteiger partial charge in [0.1, 0.15) is 5.92 Å². The van der Waals surface area contributed by atoms with E-state index in [4.69, 9.17) is 4.99 Å². The number of likely N-dealkylation sites (N-methyl/N-ethyl adjacent to an activating group) is 2. The van der Waals surface area contributed by atoms with Gasteiger partial charge in [-0.1, -0.05) is 72.8 Å². The number of benzene rings is 4. The van der Waals surface area contributed by atoms with E-state index in [2.05, 4.69) is 23.5 Å². The number of carbonyl (C=O) groups is 2. The molecule has 2 amide bonds. The summed E-state index contributed by atoms with van der Waals surface area (Å²) in [7, 11) is 5.51. The predicted octanol–water partition coefficient (Wildman–Crippen LogP) is 5.73. The normalized spacial score (nSPS) is 14.8. The Kier molecular flexibility index (Phi) is 7.15. The molecule has 0 saturated heterocycles. The Morgan fingerprint density at radius 3 is 2.13 bits per heavy atom. The maximum absolute atomic E-state index is 13.4. The summed E-state index contributed by atoms with van der Waals surface area (Å²) < 4.78 is 0. The van der Waals surface area contributed by atoms with Gasteiger partial charge in [-0.25, -0.2) is 0 Å². The summed E-state index contributed by atoms with van der Waals surface area (Å²) in [5.74, 6) is -0.634. The average molecular weight is 503 g/mol. The lowest BCUT2D eigenvalue weighted by Gasteiger charge is -2.20. The number of amides is 2. The number of rotatable bonds is 7. The van der Waals surface area contributed by atoms with E-state index in [1.165, 1.54) is 0 Å². The van der Waals surface area contributed by atoms with Crippen LogP contribution in [0.4, 0.5) is 17.1 Å². The fourth-order valence-electron chi connectivity index (χ4n) is 4.66. The van der Waals surface area contributed by atoms with Gasteiger partial charge in [0.15, 0.2) is 0 Å². The van der Waals surface area contributed by atoms with Gasteiger partial charge in [0.05, 0.1) is 17.9 Å². The van der Waals surface area contributed by atoms with E-state index >= 15 is 0 Å². The Bertz CT molecular complexity index is 1480. The lowest BCUT2D eigenvalue weighted by atomic mass is 9.89. The number of nitrogens with one attached hydrogen (secondary N) is 1. The van der Waals surface area contributed by atoms with Crippen LogP contribution in [-0.4, -0.2) is 50.1 Å². The van der Waals surface area contributed by atoms with E-state index in [-0.39, 0.29) is 11.8 Å². The SMILES string of the molecule is CN(C)CC(=O)N(C)c1ccc(N=C(c2ccccc2)C2C(=O)Nc3cc(-c4ccccc4)ccc32)cc1. The summed E-state index contributed by atoms with van der Waals surface area (Å²) in [5, 5.41) is 3.08. The van der Waals surface area contributed by atoms with Crippen molar-refractivity contribution in [2.24, 2.45) is 4.99 Å². The number of carbonyl (C=O) groups excluding carboxylic acids is 2. The maximum atomic E-state index is 13.4. The molecule has 0 aliphatic carbocycles. The largest absolute Gasteiger partial charge is 0.325 e. The van der Waals surface area contributed by atoms with Gasteiger partial charge in [-0.15, -0.1) is 0 Å². The molecule has 4 aromatic rings. The first-order chi connectivity index (χ1) is 18.4. The van der Waals surface area contributed by atoms with Crippen LogP contribution >= 0.6 is 0 Å². The number of fused-ring (bicyclic) bond motifs is 1. The lowest BCUT2D eigenvalue weighted by Crippen LogP contribution is -2.34. The minimum Gasteiger partial charge on any atom is -0.325 e. The Balaban J connectivity index is 1.50. The van der Waals surface area contributed by atoms with Crippen LogP contribution in [0.25, 0.3) is 11.1 Å². The van der Waals surface area contributed by atoms with Crippen LogP contribution < -0.4 is 10.2 Å². The fourth-order valence-corrected chi connectivity index (χ4v) is 4.66. The lowest BCUT2D eigenvalue weighted by molar-refractivity contribution is -0.119. The van der Waals surface area contributed by atoms with Crippen LogP contribution in [0.3, 0.4) is 0 Å². The van der Waals surface area contributed by atoms with Crippen molar-refractivity contribution in [2.45, 2.75) is 5.92 Å². The van der Waals surface area contributed by atoms with Crippen LogP contribution in [0, 0.1) is 0 Å². The van der Waals surface area contributed by atoms with Crippen LogP contribution in [0.15, 0.2) is 108 Å². The first kappa shape index (κ1) is 25.1. The van der Waals surface area contributed by atoms with Crippen molar-refractivity contribution in [2.75, 3.05) is 37.9 Å². The molecule has 1 aliphatic rings. The molecule has 6 nitrogen and oxygen atoms in total. The second-order valence-corrected chi connectivity index (χ2v) is 9.66. The van der Waals surface area contributed by atoms with Crippen LogP contribution in [0.5, 0.6) is 0 Å². The molecule has 1 atom stereocenters. The van der Waals surface area contributed by atoms with Gasteiger partial charge >= 0.3 is 0 Å². The molecule has 38 heavy (non-hydrogen) atoms. The Hall–Kier alpha value is -4.55. The summed E-state index contributed by atoms with van der Waals surface area (Å²) >= 11 is 0. The summed E-state index contributed by atoms with van der Waals surface area (Å²) in [6.07, 6.45) is 0. The number of hydrogen-bond donors (Lipinski definition) is 1. The summed E-state index contributed by atoms with van der Waals surface area (Å²) in [6, 6.07) is 33.5. The zero-order chi connectivity index (χ0) is 26.6. The van der Waals surface area contributed by atoms with Crippen molar-refractivity contribution in [3.63, 3.8) is 0 Å². The Labute approximate surface area is 223 Å². The molecule has 0 aromatic heterocycles. The van der Waals surface area contributed by atoms with Gasteiger partial charge in [0.2, 0.25) is 11.8 Å². The zero-order valence-electron chi connectivity index (χ0n) is 21.8. The summed E-state index contributed by atoms with van der Waals surface area (Å²) in [6.45, 7) is 0.330. The average Bonchev–Trinajstić information content (AvgIpc) is 3.27. The predicted molar refractivity (Wildman–Crippen MR) is 154 cm³/mol. The third-order valence-electron chi connectivity index (χ3n) is 6.65. The van der Waals surface area contributed by atoms with E-state index in [0.717, 1.165) is 33.6 Å². The molecule has 6 heteroatoms. The minimum atomic E-state index is -0.541. The molecular weight excluding hydrogens is 472 g/mol. The molecule has 1 aliphatic heterocycles. The van der Waals surface area contributed by atoms with Gasteiger partial charge < -0.3 is 15.1 Å². The molecule has 0 radical (unpaired) electrons. The van der Waals surface area contributed by atoms with E-state index < -0.39 is 5.92 Å². The molecule has 0 bridgehead atoms. The molecule has 190 valence electrons. The standard InChI is InChI=1S/C32H30N4O2/c1-35(2)21-29(37)36(3)26-17-15-25(16-18-26)33-31(23-12-8-5-9-13-23)30-27-19-14-24(20-28(27)34-32(30)38)22-10-6-4-7-11-22/h4-20,30H,21H2,1-3H3,(H,34,38). The molecule has 0 fully saturated rings. The Morgan fingerprint density at radius 2 is 1.47 bits per heavy atom. The van der Waals surface area contributed by atoms with Crippen molar-refractivity contribution < 1.29 is 9.59 Å². The Morgan fingerprint density at radius 1 is 0.816 bits per heavy atom. The number of nitrogens with zero attached hydrogens (tertiary/aromatic N) is 3. The van der Waals surface area contributed by atoms with Gasteiger partial charge in [-0.05, 0) is 66.7 Å². The topological polar surface area (TPSA) is 65.0 Å². The second kappa shape index (κ2) is 10.8. The molecule has 1 heterocycles. The van der Waals surface area contributed by atoms with Crippen LogP contribution in [0.2, 0.25) is 0 Å². The highest BCUT2D eigenvalue weighted by molar-refractivity contribution is 6.24. The van der Waals surface area contributed by atoms with Crippen LogP contribution in [0.1, 0.15) is 17.0 Å². The minimum absolute atomic E-state index is 0.00494. The van der Waals surface area contributed by atoms with Crippen molar-refractivity contribution in [3.05, 3.63) is 114 Å². The third kappa shape index (κ3) is 5.26. The van der Waals surface area contributed by atoms with E-state index in [0.29, 0.717) is 17.9 Å². The first-order valence-electron chi connectivity index (χ1n) is 12.6. The quantitative estimate of drug-likeness (QED) is 0.328. The van der Waals surface area contributed by atoms with E-state index in [9.17, 15) is 9.59 Å². The van der Waals surface area contributed by atoms with E-state index in [1.807, 2.05) is 104 Å². The van der Waals surface area contributed by atoms with Crippen molar-refractivity contribution in [3.8, 4) is 11.1 Å². The highest BCUT2D eigenvalue weighted by Crippen LogP contribution is 2.38. The summed E-state index contributed by atoms with van der Waals surface area (Å²) in [4.78, 5) is 34.3. The number of hydrogen-bond acceptors (Lipinski definition) is 4. The monoisotopic (exact) mass is 502 g/mol. The van der Waals surface area contributed by atoms with Crippen molar-refractivity contribution >= 4 is 34.6 Å². The highest BCUT2D eigenvalue weighted by atomic mass is 16.2. The van der Waals surface area contributed by atoms with Gasteiger partial charge in [0.25, 0.3) is 0 Å².